The molecule has 112 valence electrons. The van der Waals surface area contributed by atoms with Crippen LogP contribution < -0.4 is 5.32 Å². The Bertz CT molecular complexity index is 588. The number of hydrogen-bond donors (Lipinski definition) is 1. The fourth-order valence-electron chi connectivity index (χ4n) is 3.26. The van der Waals surface area contributed by atoms with Crippen molar-refractivity contribution in [2.75, 3.05) is 13.1 Å². The molecule has 2 heterocycles. The lowest BCUT2D eigenvalue weighted by Crippen LogP contribution is -2.55. The standard InChI is InChI=1S/C16H19BrN2O2/c1-10-2-4-12(13(17)8-10)16(21)19-7-6-14-11(9-19)3-5-15(20)18-14/h2,4,8,11,14H,3,5-7,9H2,1H3,(H,18,20). The van der Waals surface area contributed by atoms with Gasteiger partial charge in [0.25, 0.3) is 5.91 Å². The lowest BCUT2D eigenvalue weighted by Gasteiger charge is -2.41. The molecule has 0 aromatic heterocycles. The summed E-state index contributed by atoms with van der Waals surface area (Å²) in [6, 6.07) is 6.07. The van der Waals surface area contributed by atoms with Crippen LogP contribution in [0.2, 0.25) is 0 Å². The van der Waals surface area contributed by atoms with E-state index in [1.54, 1.807) is 0 Å². The lowest BCUT2D eigenvalue weighted by molar-refractivity contribution is -0.125. The van der Waals surface area contributed by atoms with E-state index >= 15 is 0 Å². The van der Waals surface area contributed by atoms with Crippen LogP contribution in [-0.2, 0) is 4.79 Å². The molecule has 2 aliphatic rings. The first-order chi connectivity index (χ1) is 10.0. The Morgan fingerprint density at radius 2 is 2.19 bits per heavy atom. The van der Waals surface area contributed by atoms with Crippen LogP contribution in [0.5, 0.6) is 0 Å². The van der Waals surface area contributed by atoms with Gasteiger partial charge < -0.3 is 10.2 Å². The Labute approximate surface area is 133 Å². The molecule has 2 aliphatic heterocycles. The number of nitrogens with one attached hydrogen (secondary N) is 1. The first-order valence-electron chi connectivity index (χ1n) is 7.39. The summed E-state index contributed by atoms with van der Waals surface area (Å²) in [7, 11) is 0. The van der Waals surface area contributed by atoms with Crippen molar-refractivity contribution in [2.24, 2.45) is 5.92 Å². The van der Waals surface area contributed by atoms with Crippen LogP contribution in [0.4, 0.5) is 0 Å². The highest BCUT2D eigenvalue weighted by molar-refractivity contribution is 9.10. The molecule has 0 saturated carbocycles. The molecule has 3 rings (SSSR count). The van der Waals surface area contributed by atoms with Crippen LogP contribution in [0.25, 0.3) is 0 Å². The van der Waals surface area contributed by atoms with E-state index in [0.717, 1.165) is 35.0 Å². The molecule has 0 bridgehead atoms. The number of carbonyl (C=O) groups is 2. The molecule has 1 aromatic carbocycles. The predicted molar refractivity (Wildman–Crippen MR) is 84.1 cm³/mol. The van der Waals surface area contributed by atoms with Crippen LogP contribution in [0.1, 0.15) is 35.2 Å². The van der Waals surface area contributed by atoms with E-state index in [2.05, 4.69) is 21.2 Å². The number of carbonyl (C=O) groups excluding carboxylic acids is 2. The van der Waals surface area contributed by atoms with Gasteiger partial charge in [0.2, 0.25) is 5.91 Å². The quantitative estimate of drug-likeness (QED) is 0.845. The summed E-state index contributed by atoms with van der Waals surface area (Å²) in [5.41, 5.74) is 1.85. The number of nitrogens with zero attached hydrogens (tertiary/aromatic N) is 1. The number of likely N-dealkylation sites (tertiary alicyclic amines) is 1. The third-order valence-corrected chi connectivity index (χ3v) is 5.12. The maximum Gasteiger partial charge on any atom is 0.255 e. The topological polar surface area (TPSA) is 49.4 Å². The molecule has 1 N–H and O–H groups in total. The number of hydrogen-bond acceptors (Lipinski definition) is 2. The Hall–Kier alpha value is -1.36. The third-order valence-electron chi connectivity index (χ3n) is 4.46. The van der Waals surface area contributed by atoms with E-state index in [0.29, 0.717) is 18.9 Å². The average molecular weight is 351 g/mol. The van der Waals surface area contributed by atoms with Crippen molar-refractivity contribution in [1.29, 1.82) is 0 Å². The number of aryl methyl sites for hydroxylation is 1. The summed E-state index contributed by atoms with van der Waals surface area (Å²) in [5, 5.41) is 3.05. The summed E-state index contributed by atoms with van der Waals surface area (Å²) < 4.78 is 0.853. The van der Waals surface area contributed by atoms with Gasteiger partial charge in [-0.1, -0.05) is 6.07 Å². The number of fused-ring (bicyclic) bond motifs is 1. The number of piperidine rings is 2. The van der Waals surface area contributed by atoms with Crippen LogP contribution in [0, 0.1) is 12.8 Å². The van der Waals surface area contributed by atoms with Crippen molar-refractivity contribution < 1.29 is 9.59 Å². The van der Waals surface area contributed by atoms with Crippen LogP contribution in [-0.4, -0.2) is 35.8 Å². The number of benzene rings is 1. The van der Waals surface area contributed by atoms with Crippen molar-refractivity contribution in [3.05, 3.63) is 33.8 Å². The minimum Gasteiger partial charge on any atom is -0.353 e. The summed E-state index contributed by atoms with van der Waals surface area (Å²) in [5.74, 6) is 0.624. The molecule has 4 nitrogen and oxygen atoms in total. The number of rotatable bonds is 1. The van der Waals surface area contributed by atoms with Gasteiger partial charge in [0.1, 0.15) is 0 Å². The molecule has 2 fully saturated rings. The molecular formula is C16H19BrN2O2. The largest absolute Gasteiger partial charge is 0.353 e. The van der Waals surface area contributed by atoms with Crippen molar-refractivity contribution in [3.63, 3.8) is 0 Å². The second kappa shape index (κ2) is 5.79. The fraction of sp³-hybridized carbons (Fsp3) is 0.500. The smallest absolute Gasteiger partial charge is 0.255 e. The maximum absolute atomic E-state index is 12.7. The van der Waals surface area contributed by atoms with Gasteiger partial charge in [0.15, 0.2) is 0 Å². The van der Waals surface area contributed by atoms with E-state index in [1.165, 1.54) is 0 Å². The van der Waals surface area contributed by atoms with E-state index in [4.69, 9.17) is 0 Å². The highest BCUT2D eigenvalue weighted by atomic mass is 79.9. The van der Waals surface area contributed by atoms with Gasteiger partial charge in [-0.3, -0.25) is 9.59 Å². The van der Waals surface area contributed by atoms with Gasteiger partial charge in [-0.25, -0.2) is 0 Å². The maximum atomic E-state index is 12.7. The van der Waals surface area contributed by atoms with Crippen molar-refractivity contribution >= 4 is 27.7 Å². The molecule has 0 aliphatic carbocycles. The highest BCUT2D eigenvalue weighted by Gasteiger charge is 2.35. The van der Waals surface area contributed by atoms with Gasteiger partial charge >= 0.3 is 0 Å². The van der Waals surface area contributed by atoms with Crippen LogP contribution in [0.3, 0.4) is 0 Å². The molecule has 5 heteroatoms. The number of halogens is 1. The predicted octanol–water partition coefficient (Wildman–Crippen LogP) is 2.50. The summed E-state index contributed by atoms with van der Waals surface area (Å²) in [6.45, 7) is 3.46. The first-order valence-corrected chi connectivity index (χ1v) is 8.18. The minimum atomic E-state index is 0.0808. The first kappa shape index (κ1) is 14.6. The Kier molecular flexibility index (Phi) is 4.02. The molecule has 0 radical (unpaired) electrons. The molecule has 21 heavy (non-hydrogen) atoms. The number of amides is 2. The zero-order valence-corrected chi connectivity index (χ0v) is 13.6. The van der Waals surface area contributed by atoms with Crippen molar-refractivity contribution in [3.8, 4) is 0 Å². The lowest BCUT2D eigenvalue weighted by atomic mass is 9.85. The third kappa shape index (κ3) is 2.98. The van der Waals surface area contributed by atoms with Gasteiger partial charge in [0, 0.05) is 30.0 Å². The fourth-order valence-corrected chi connectivity index (χ4v) is 3.92. The molecule has 2 amide bonds. The van der Waals surface area contributed by atoms with Gasteiger partial charge in [0.05, 0.1) is 5.56 Å². The Balaban J connectivity index is 1.73. The van der Waals surface area contributed by atoms with E-state index in [9.17, 15) is 9.59 Å². The second-order valence-corrected chi connectivity index (χ2v) is 6.85. The monoisotopic (exact) mass is 350 g/mol. The minimum absolute atomic E-state index is 0.0808. The molecular weight excluding hydrogens is 332 g/mol. The van der Waals surface area contributed by atoms with E-state index in [1.807, 2.05) is 30.0 Å². The van der Waals surface area contributed by atoms with Gasteiger partial charge in [-0.2, -0.15) is 0 Å². The van der Waals surface area contributed by atoms with Crippen molar-refractivity contribution in [2.45, 2.75) is 32.2 Å². The zero-order valence-electron chi connectivity index (χ0n) is 12.1. The summed E-state index contributed by atoms with van der Waals surface area (Å²) in [4.78, 5) is 26.0. The summed E-state index contributed by atoms with van der Waals surface area (Å²) in [6.07, 6.45) is 2.32. The van der Waals surface area contributed by atoms with Crippen LogP contribution in [0.15, 0.2) is 22.7 Å². The normalized spacial score (nSPS) is 25.2. The van der Waals surface area contributed by atoms with E-state index < -0.39 is 0 Å². The molecule has 2 saturated heterocycles. The van der Waals surface area contributed by atoms with Crippen molar-refractivity contribution in [1.82, 2.24) is 10.2 Å². The highest BCUT2D eigenvalue weighted by Crippen LogP contribution is 2.28. The SMILES string of the molecule is Cc1ccc(C(=O)N2CCC3NC(=O)CCC3C2)c(Br)c1. The molecule has 1 aromatic rings. The average Bonchev–Trinajstić information content (AvgIpc) is 2.46. The van der Waals surface area contributed by atoms with E-state index in [-0.39, 0.29) is 17.9 Å². The Morgan fingerprint density at radius 1 is 1.38 bits per heavy atom. The van der Waals surface area contributed by atoms with Gasteiger partial charge in [-0.05, 0) is 59.3 Å². The van der Waals surface area contributed by atoms with Crippen LogP contribution >= 0.6 is 15.9 Å². The second-order valence-electron chi connectivity index (χ2n) is 6.00. The molecule has 0 spiro atoms. The molecule has 2 atom stereocenters. The Morgan fingerprint density at radius 3 is 2.95 bits per heavy atom. The van der Waals surface area contributed by atoms with Gasteiger partial charge in [-0.15, -0.1) is 0 Å². The molecule has 2 unspecified atom stereocenters. The summed E-state index contributed by atoms with van der Waals surface area (Å²) >= 11 is 3.49. The zero-order chi connectivity index (χ0) is 15.0.